The number of nitrogens with zero attached hydrogens (tertiary/aromatic N) is 1. The first-order valence-corrected chi connectivity index (χ1v) is 8.55. The number of carboxylic acids is 1. The molecular formula is C19H28N2O5. The molecule has 0 fully saturated rings. The minimum absolute atomic E-state index is 0.00112. The Labute approximate surface area is 154 Å². The van der Waals surface area contributed by atoms with Crippen LogP contribution in [0.25, 0.3) is 0 Å². The van der Waals surface area contributed by atoms with Crippen LogP contribution in [0.1, 0.15) is 39.2 Å². The van der Waals surface area contributed by atoms with Crippen molar-refractivity contribution in [2.24, 2.45) is 5.41 Å². The van der Waals surface area contributed by atoms with Gasteiger partial charge < -0.3 is 20.1 Å². The lowest BCUT2D eigenvalue weighted by Crippen LogP contribution is -2.35. The maximum atomic E-state index is 12.2. The van der Waals surface area contributed by atoms with Crippen LogP contribution in [0.15, 0.2) is 24.3 Å². The van der Waals surface area contributed by atoms with Crippen LogP contribution in [0.2, 0.25) is 0 Å². The van der Waals surface area contributed by atoms with Crippen molar-refractivity contribution in [1.82, 2.24) is 10.2 Å². The summed E-state index contributed by atoms with van der Waals surface area (Å²) in [6, 6.07) is 6.95. The van der Waals surface area contributed by atoms with Crippen LogP contribution in [-0.2, 0) is 20.9 Å². The Morgan fingerprint density at radius 3 is 2.31 bits per heavy atom. The number of amides is 2. The van der Waals surface area contributed by atoms with Crippen molar-refractivity contribution in [2.45, 2.75) is 40.2 Å². The molecule has 0 aliphatic heterocycles. The van der Waals surface area contributed by atoms with E-state index in [0.29, 0.717) is 31.7 Å². The van der Waals surface area contributed by atoms with E-state index in [0.717, 1.165) is 5.56 Å². The van der Waals surface area contributed by atoms with Crippen LogP contribution in [0.4, 0.5) is 0 Å². The zero-order valence-corrected chi connectivity index (χ0v) is 15.9. The highest BCUT2D eigenvalue weighted by Crippen LogP contribution is 2.14. The third-order valence-electron chi connectivity index (χ3n) is 3.67. The van der Waals surface area contributed by atoms with Crippen LogP contribution < -0.4 is 10.1 Å². The van der Waals surface area contributed by atoms with E-state index in [9.17, 15) is 14.4 Å². The quantitative estimate of drug-likeness (QED) is 0.654. The van der Waals surface area contributed by atoms with E-state index in [-0.39, 0.29) is 18.4 Å². The molecule has 0 radical (unpaired) electrons. The molecule has 0 atom stereocenters. The van der Waals surface area contributed by atoms with Crippen molar-refractivity contribution in [3.05, 3.63) is 29.8 Å². The number of carbonyl (C=O) groups is 3. The number of carboxylic acid groups (broad SMARTS) is 1. The van der Waals surface area contributed by atoms with Gasteiger partial charge in [0.25, 0.3) is 0 Å². The fourth-order valence-electron chi connectivity index (χ4n) is 2.10. The second-order valence-corrected chi connectivity index (χ2v) is 7.19. The topological polar surface area (TPSA) is 95.9 Å². The summed E-state index contributed by atoms with van der Waals surface area (Å²) < 4.78 is 5.07. The molecule has 0 aliphatic carbocycles. The molecule has 0 heterocycles. The Hall–Kier alpha value is -2.57. The average molecular weight is 364 g/mol. The van der Waals surface area contributed by atoms with Crippen molar-refractivity contribution in [2.75, 3.05) is 20.2 Å². The van der Waals surface area contributed by atoms with Gasteiger partial charge in [-0.25, -0.2) is 4.79 Å². The summed E-state index contributed by atoms with van der Waals surface area (Å²) in [5, 5.41) is 11.4. The number of hydrogen-bond acceptors (Lipinski definition) is 4. The fourth-order valence-corrected chi connectivity index (χ4v) is 2.10. The molecule has 1 aromatic rings. The van der Waals surface area contributed by atoms with Gasteiger partial charge >= 0.3 is 5.97 Å². The fraction of sp³-hybridized carbons (Fsp3) is 0.526. The lowest BCUT2D eigenvalue weighted by atomic mass is 9.96. The van der Waals surface area contributed by atoms with Gasteiger partial charge in [-0.15, -0.1) is 0 Å². The molecule has 0 unspecified atom stereocenters. The zero-order chi connectivity index (χ0) is 19.7. The summed E-state index contributed by atoms with van der Waals surface area (Å²) >= 11 is 0. The molecule has 144 valence electrons. The van der Waals surface area contributed by atoms with E-state index in [4.69, 9.17) is 9.84 Å². The molecule has 0 aliphatic rings. The highest BCUT2D eigenvalue weighted by atomic mass is 16.5. The van der Waals surface area contributed by atoms with Gasteiger partial charge in [-0.05, 0) is 24.1 Å². The van der Waals surface area contributed by atoms with E-state index in [1.807, 2.05) is 20.8 Å². The van der Waals surface area contributed by atoms with Crippen LogP contribution >= 0.6 is 0 Å². The predicted octanol–water partition coefficient (Wildman–Crippen LogP) is 2.05. The Morgan fingerprint density at radius 1 is 1.15 bits per heavy atom. The summed E-state index contributed by atoms with van der Waals surface area (Å²) in [4.78, 5) is 36.0. The molecule has 1 rings (SSSR count). The van der Waals surface area contributed by atoms with E-state index >= 15 is 0 Å². The van der Waals surface area contributed by atoms with Crippen LogP contribution in [0.3, 0.4) is 0 Å². The number of aliphatic carboxylic acids is 1. The molecule has 1 aromatic carbocycles. The van der Waals surface area contributed by atoms with Crippen LogP contribution in [0.5, 0.6) is 5.75 Å². The van der Waals surface area contributed by atoms with Crippen LogP contribution in [-0.4, -0.2) is 48.0 Å². The minimum Gasteiger partial charge on any atom is -0.482 e. The maximum absolute atomic E-state index is 12.2. The third-order valence-corrected chi connectivity index (χ3v) is 3.67. The lowest BCUT2D eigenvalue weighted by molar-refractivity contribution is -0.139. The van der Waals surface area contributed by atoms with Gasteiger partial charge in [-0.3, -0.25) is 9.59 Å². The average Bonchev–Trinajstić information content (AvgIpc) is 2.56. The summed E-state index contributed by atoms with van der Waals surface area (Å²) in [5.41, 5.74) is 0.491. The number of carbonyl (C=O) groups excluding carboxylic acids is 2. The standard InChI is InChI=1S/C19H28N2O5/c1-19(2,3)18(25)20-11-5-6-16(22)21(4)12-14-7-9-15(10-8-14)26-13-17(23)24/h7-10H,5-6,11-13H2,1-4H3,(H,20,25)(H,23,24). The molecule has 0 spiro atoms. The molecule has 26 heavy (non-hydrogen) atoms. The Balaban J connectivity index is 2.35. The summed E-state index contributed by atoms with van der Waals surface area (Å²) in [6.07, 6.45) is 0.952. The third kappa shape index (κ3) is 8.00. The van der Waals surface area contributed by atoms with Gasteiger partial charge in [0.05, 0.1) is 0 Å². The molecule has 0 saturated carbocycles. The van der Waals surface area contributed by atoms with Gasteiger partial charge in [-0.1, -0.05) is 32.9 Å². The van der Waals surface area contributed by atoms with Crippen molar-refractivity contribution < 1.29 is 24.2 Å². The van der Waals surface area contributed by atoms with Crippen molar-refractivity contribution in [3.8, 4) is 5.75 Å². The first kappa shape index (κ1) is 21.5. The van der Waals surface area contributed by atoms with E-state index in [1.54, 1.807) is 36.2 Å². The Morgan fingerprint density at radius 2 is 1.77 bits per heavy atom. The van der Waals surface area contributed by atoms with E-state index in [1.165, 1.54) is 0 Å². The molecular weight excluding hydrogens is 336 g/mol. The Kier molecular flexibility index (Phi) is 8.09. The SMILES string of the molecule is CN(Cc1ccc(OCC(=O)O)cc1)C(=O)CCCNC(=O)C(C)(C)C. The lowest BCUT2D eigenvalue weighted by Gasteiger charge is -2.19. The normalized spacial score (nSPS) is 10.9. The monoisotopic (exact) mass is 364 g/mol. The summed E-state index contributed by atoms with van der Waals surface area (Å²) in [6.45, 7) is 6.08. The number of rotatable bonds is 9. The molecule has 7 heteroatoms. The first-order chi connectivity index (χ1) is 12.1. The molecule has 2 N–H and O–H groups in total. The van der Waals surface area contributed by atoms with Crippen LogP contribution in [0, 0.1) is 5.41 Å². The number of benzene rings is 1. The molecule has 0 bridgehead atoms. The predicted molar refractivity (Wildman–Crippen MR) is 97.7 cm³/mol. The van der Waals surface area contributed by atoms with E-state index < -0.39 is 11.4 Å². The van der Waals surface area contributed by atoms with Gasteiger partial charge in [0.2, 0.25) is 11.8 Å². The number of ether oxygens (including phenoxy) is 1. The minimum atomic E-state index is -1.03. The largest absolute Gasteiger partial charge is 0.482 e. The molecule has 0 aromatic heterocycles. The summed E-state index contributed by atoms with van der Waals surface area (Å²) in [7, 11) is 1.73. The maximum Gasteiger partial charge on any atom is 0.341 e. The Bertz CT molecular complexity index is 620. The molecule has 7 nitrogen and oxygen atoms in total. The van der Waals surface area contributed by atoms with Gasteiger partial charge in [0.15, 0.2) is 6.61 Å². The highest BCUT2D eigenvalue weighted by Gasteiger charge is 2.20. The second kappa shape index (κ2) is 9.79. The summed E-state index contributed by atoms with van der Waals surface area (Å²) in [5.74, 6) is -0.581. The molecule has 2 amide bonds. The number of hydrogen-bond donors (Lipinski definition) is 2. The second-order valence-electron chi connectivity index (χ2n) is 7.19. The zero-order valence-electron chi connectivity index (χ0n) is 15.9. The van der Waals surface area contributed by atoms with Crippen molar-refractivity contribution >= 4 is 17.8 Å². The van der Waals surface area contributed by atoms with Gasteiger partial charge in [0, 0.05) is 32.0 Å². The van der Waals surface area contributed by atoms with E-state index in [2.05, 4.69) is 5.32 Å². The number of nitrogens with one attached hydrogen (secondary N) is 1. The van der Waals surface area contributed by atoms with Gasteiger partial charge in [0.1, 0.15) is 5.75 Å². The first-order valence-electron chi connectivity index (χ1n) is 8.55. The van der Waals surface area contributed by atoms with Crippen molar-refractivity contribution in [1.29, 1.82) is 0 Å². The van der Waals surface area contributed by atoms with Gasteiger partial charge in [-0.2, -0.15) is 0 Å². The smallest absolute Gasteiger partial charge is 0.341 e. The molecule has 0 saturated heterocycles. The van der Waals surface area contributed by atoms with Crippen molar-refractivity contribution in [3.63, 3.8) is 0 Å². The highest BCUT2D eigenvalue weighted by molar-refractivity contribution is 5.81.